The molecule has 4 aliphatic heterocycles. The number of fused-ring (bicyclic) bond motifs is 16. The zero-order valence-corrected chi connectivity index (χ0v) is 32.0. The van der Waals surface area contributed by atoms with Crippen molar-refractivity contribution in [3.8, 4) is 23.0 Å². The molecule has 0 saturated carbocycles. The average molecular weight is 766 g/mol. The molecule has 0 atom stereocenters. The second kappa shape index (κ2) is 10.9. The summed E-state index contributed by atoms with van der Waals surface area (Å²) in [6, 6.07) is 55.6. The summed E-state index contributed by atoms with van der Waals surface area (Å²) in [6.07, 6.45) is 0. The highest BCUT2D eigenvalue weighted by atomic mass is 32.2. The molecule has 0 N–H and O–H groups in total. The SMILES string of the molecule is c1ccc(N2c3cc4c(cc3B3c5ccccc5Oc5cc6sc7ccccc7c6c2c53)B2c3ccccc3Sc3c2c(cc2sc5ccccc5c32)O4)cc1. The van der Waals surface area contributed by atoms with Crippen LogP contribution in [-0.4, -0.2) is 13.4 Å². The molecule has 0 radical (unpaired) electrons. The Kier molecular flexibility index (Phi) is 5.89. The number of anilines is 3. The first kappa shape index (κ1) is 30.3. The summed E-state index contributed by atoms with van der Waals surface area (Å²) in [7, 11) is 0. The minimum atomic E-state index is -0.0364. The van der Waals surface area contributed by atoms with Crippen molar-refractivity contribution >= 4 is 138 Å². The molecule has 3 nitrogen and oxygen atoms in total. The molecule has 0 aliphatic carbocycles. The van der Waals surface area contributed by atoms with E-state index in [-0.39, 0.29) is 13.4 Å². The van der Waals surface area contributed by atoms with Crippen LogP contribution in [0.4, 0.5) is 17.1 Å². The van der Waals surface area contributed by atoms with Gasteiger partial charge in [0.15, 0.2) is 0 Å². The molecule has 4 aliphatic rings. The topological polar surface area (TPSA) is 21.7 Å². The van der Waals surface area contributed by atoms with Crippen LogP contribution in [0.3, 0.4) is 0 Å². The fraction of sp³-hybridized carbons (Fsp3) is 0. The lowest BCUT2D eigenvalue weighted by atomic mass is 9.31. The maximum atomic E-state index is 7.24. The average Bonchev–Trinajstić information content (AvgIpc) is 3.81. The van der Waals surface area contributed by atoms with Gasteiger partial charge in [-0.2, -0.15) is 0 Å². The highest BCUT2D eigenvalue weighted by Gasteiger charge is 2.47. The van der Waals surface area contributed by atoms with E-state index in [1.807, 2.05) is 34.4 Å². The van der Waals surface area contributed by atoms with E-state index in [1.165, 1.54) is 88.6 Å². The number of rotatable bonds is 1. The fourth-order valence-electron chi connectivity index (χ4n) is 10.00. The van der Waals surface area contributed by atoms with Gasteiger partial charge in [-0.1, -0.05) is 114 Å². The van der Waals surface area contributed by atoms with Gasteiger partial charge in [-0.15, -0.1) is 22.7 Å². The Morgan fingerprint density at radius 3 is 1.89 bits per heavy atom. The van der Waals surface area contributed by atoms with Gasteiger partial charge in [-0.25, -0.2) is 0 Å². The van der Waals surface area contributed by atoms with Crippen LogP contribution >= 0.6 is 34.4 Å². The molecule has 10 aromatic rings. The minimum absolute atomic E-state index is 0.0268. The van der Waals surface area contributed by atoms with Crippen LogP contribution in [0.1, 0.15) is 0 Å². The zero-order chi connectivity index (χ0) is 36.2. The van der Waals surface area contributed by atoms with Crippen molar-refractivity contribution in [3.05, 3.63) is 152 Å². The molecule has 0 saturated heterocycles. The van der Waals surface area contributed by atoms with E-state index in [9.17, 15) is 0 Å². The molecular weight excluding hydrogens is 740 g/mol. The van der Waals surface area contributed by atoms with Gasteiger partial charge in [0.05, 0.1) is 5.69 Å². The Hall–Kier alpha value is -5.92. The quantitative estimate of drug-likeness (QED) is 0.155. The van der Waals surface area contributed by atoms with E-state index in [2.05, 4.69) is 157 Å². The van der Waals surface area contributed by atoms with Crippen molar-refractivity contribution in [2.75, 3.05) is 4.90 Å². The second-order valence-electron chi connectivity index (χ2n) is 15.1. The molecule has 0 bridgehead atoms. The predicted molar refractivity (Wildman–Crippen MR) is 240 cm³/mol. The maximum absolute atomic E-state index is 7.24. The van der Waals surface area contributed by atoms with Gasteiger partial charge < -0.3 is 14.4 Å². The number of hydrogen-bond acceptors (Lipinski definition) is 6. The van der Waals surface area contributed by atoms with Gasteiger partial charge in [-0.3, -0.25) is 0 Å². The van der Waals surface area contributed by atoms with Crippen molar-refractivity contribution in [1.29, 1.82) is 0 Å². The maximum Gasteiger partial charge on any atom is 0.256 e. The zero-order valence-electron chi connectivity index (χ0n) is 29.6. The highest BCUT2D eigenvalue weighted by Crippen LogP contribution is 2.51. The van der Waals surface area contributed by atoms with Gasteiger partial charge in [0.1, 0.15) is 23.0 Å². The van der Waals surface area contributed by atoms with E-state index < -0.39 is 0 Å². The Labute approximate surface area is 334 Å². The molecule has 0 spiro atoms. The summed E-state index contributed by atoms with van der Waals surface area (Å²) in [4.78, 5) is 5.13. The van der Waals surface area contributed by atoms with Crippen molar-refractivity contribution in [2.24, 2.45) is 0 Å². The predicted octanol–water partition coefficient (Wildman–Crippen LogP) is 9.91. The fourth-order valence-corrected chi connectivity index (χ4v) is 13.7. The first-order valence-corrected chi connectivity index (χ1v) is 21.4. The van der Waals surface area contributed by atoms with E-state index in [1.54, 1.807) is 0 Å². The number of benzene rings is 8. The normalized spacial score (nSPS) is 14.2. The lowest BCUT2D eigenvalue weighted by Crippen LogP contribution is -2.63. The van der Waals surface area contributed by atoms with Crippen molar-refractivity contribution < 1.29 is 9.47 Å². The van der Waals surface area contributed by atoms with E-state index in [4.69, 9.17) is 9.47 Å². The lowest BCUT2D eigenvalue weighted by molar-refractivity contribution is 0.487. The number of ether oxygens (including phenoxy) is 2. The molecule has 0 unspecified atom stereocenters. The van der Waals surface area contributed by atoms with Crippen LogP contribution in [0.2, 0.25) is 0 Å². The first-order chi connectivity index (χ1) is 27.8. The number of hydrogen-bond donors (Lipinski definition) is 0. The molecule has 8 heteroatoms. The highest BCUT2D eigenvalue weighted by molar-refractivity contribution is 8.00. The molecule has 258 valence electrons. The molecule has 14 rings (SSSR count). The van der Waals surface area contributed by atoms with Crippen LogP contribution in [-0.2, 0) is 0 Å². The second-order valence-corrected chi connectivity index (χ2v) is 18.3. The third kappa shape index (κ3) is 3.86. The van der Waals surface area contributed by atoms with Gasteiger partial charge in [0.2, 0.25) is 0 Å². The Balaban J connectivity index is 1.11. The molecule has 2 aromatic heterocycles. The molecule has 0 amide bonds. The number of thiophene rings is 2. The van der Waals surface area contributed by atoms with Crippen LogP contribution < -0.4 is 47.2 Å². The Morgan fingerprint density at radius 2 is 1.07 bits per heavy atom. The smallest absolute Gasteiger partial charge is 0.256 e. The monoisotopic (exact) mass is 765 g/mol. The molecule has 56 heavy (non-hydrogen) atoms. The van der Waals surface area contributed by atoms with Gasteiger partial charge in [-0.05, 0) is 75.8 Å². The third-order valence-electron chi connectivity index (χ3n) is 12.2. The van der Waals surface area contributed by atoms with Gasteiger partial charge in [0.25, 0.3) is 13.4 Å². The summed E-state index contributed by atoms with van der Waals surface area (Å²) < 4.78 is 19.2. The standard InChI is InChI=1S/C48H25B2NO2S3/c1-2-12-26(13-3-1)51-33-23-35-32(50-30-17-7-11-21-40(30)56-48-44-28-15-5-10-20-39(28)55-42(44)25-37(53-35)46(48)50)22-31(33)49-29-16-6-8-18-34(29)52-36-24-41-43(47(51)45(36)49)27-14-4-9-19-38(27)54-41/h1-25H. The number of para-hydroxylation sites is 2. The van der Waals surface area contributed by atoms with Crippen molar-refractivity contribution in [2.45, 2.75) is 9.79 Å². The van der Waals surface area contributed by atoms with Crippen LogP contribution in [0.5, 0.6) is 23.0 Å². The van der Waals surface area contributed by atoms with Crippen LogP contribution in [0.25, 0.3) is 40.3 Å². The van der Waals surface area contributed by atoms with Crippen LogP contribution in [0.15, 0.2) is 161 Å². The van der Waals surface area contributed by atoms with Crippen LogP contribution in [0, 0.1) is 0 Å². The molecule has 0 fully saturated rings. The number of nitrogens with zero attached hydrogens (tertiary/aromatic N) is 1. The lowest BCUT2D eigenvalue weighted by Gasteiger charge is -2.42. The van der Waals surface area contributed by atoms with Crippen molar-refractivity contribution in [1.82, 2.24) is 0 Å². The largest absolute Gasteiger partial charge is 0.458 e. The Bertz CT molecular complexity index is 3390. The van der Waals surface area contributed by atoms with E-state index in [0.29, 0.717) is 0 Å². The van der Waals surface area contributed by atoms with E-state index in [0.717, 1.165) is 34.4 Å². The summed E-state index contributed by atoms with van der Waals surface area (Å²) in [5, 5.41) is 5.21. The molecule has 6 heterocycles. The summed E-state index contributed by atoms with van der Waals surface area (Å²) in [6.45, 7) is -0.00960. The summed E-state index contributed by atoms with van der Waals surface area (Å²) in [5.74, 6) is 3.73. The Morgan fingerprint density at radius 1 is 0.446 bits per heavy atom. The van der Waals surface area contributed by atoms with E-state index >= 15 is 0 Å². The third-order valence-corrected chi connectivity index (χ3v) is 15.7. The summed E-state index contributed by atoms with van der Waals surface area (Å²) in [5.41, 5.74) is 11.0. The molecular formula is C48H25B2NO2S3. The first-order valence-electron chi connectivity index (χ1n) is 19.0. The minimum Gasteiger partial charge on any atom is -0.458 e. The van der Waals surface area contributed by atoms with Gasteiger partial charge >= 0.3 is 0 Å². The van der Waals surface area contributed by atoms with Crippen molar-refractivity contribution in [3.63, 3.8) is 0 Å². The molecule has 8 aromatic carbocycles. The van der Waals surface area contributed by atoms with Gasteiger partial charge in [0, 0.05) is 67.6 Å². The summed E-state index contributed by atoms with van der Waals surface area (Å²) >= 11 is 5.60.